The van der Waals surface area contributed by atoms with E-state index in [1.54, 1.807) is 6.07 Å². The maximum Gasteiger partial charge on any atom is 0.305 e. The third kappa shape index (κ3) is 3.43. The molecule has 0 saturated carbocycles. The van der Waals surface area contributed by atoms with E-state index in [1.807, 2.05) is 18.2 Å². The molecule has 0 saturated heterocycles. The summed E-state index contributed by atoms with van der Waals surface area (Å²) in [5.41, 5.74) is 1.67. The van der Waals surface area contributed by atoms with Crippen LogP contribution in [0.4, 0.5) is 0 Å². The van der Waals surface area contributed by atoms with E-state index >= 15 is 0 Å². The van der Waals surface area contributed by atoms with Gasteiger partial charge < -0.3 is 4.74 Å². The van der Waals surface area contributed by atoms with Crippen molar-refractivity contribution in [2.75, 3.05) is 7.11 Å². The molecule has 0 fully saturated rings. The molecule has 3 heteroatoms. The minimum atomic E-state index is -0.204. The van der Waals surface area contributed by atoms with Gasteiger partial charge >= 0.3 is 5.97 Å². The number of ether oxygens (including phenoxy) is 1. The predicted molar refractivity (Wildman–Crippen MR) is 56.1 cm³/mol. The molecular weight excluding hydrogens is 190 g/mol. The SMILES string of the molecule is COC(=O)CCCc1ccccc1C#N. The molecule has 78 valence electrons. The Morgan fingerprint density at radius 1 is 1.47 bits per heavy atom. The van der Waals surface area contributed by atoms with Gasteiger partial charge in [-0.05, 0) is 24.5 Å². The van der Waals surface area contributed by atoms with Crippen LogP contribution in [0.3, 0.4) is 0 Å². The van der Waals surface area contributed by atoms with Crippen molar-refractivity contribution in [1.82, 2.24) is 0 Å². The van der Waals surface area contributed by atoms with Gasteiger partial charge in [-0.15, -0.1) is 0 Å². The molecule has 15 heavy (non-hydrogen) atoms. The van der Waals surface area contributed by atoms with Crippen LogP contribution in [-0.2, 0) is 16.0 Å². The lowest BCUT2D eigenvalue weighted by molar-refractivity contribution is -0.140. The first-order valence-corrected chi connectivity index (χ1v) is 4.82. The van der Waals surface area contributed by atoms with Gasteiger partial charge in [0.2, 0.25) is 0 Å². The number of methoxy groups -OCH3 is 1. The quantitative estimate of drug-likeness (QED) is 0.704. The second-order valence-electron chi connectivity index (χ2n) is 3.20. The smallest absolute Gasteiger partial charge is 0.305 e. The largest absolute Gasteiger partial charge is 0.469 e. The van der Waals surface area contributed by atoms with Crippen LogP contribution in [0.2, 0.25) is 0 Å². The van der Waals surface area contributed by atoms with Gasteiger partial charge in [-0.25, -0.2) is 0 Å². The van der Waals surface area contributed by atoms with Gasteiger partial charge in [-0.2, -0.15) is 5.26 Å². The fourth-order valence-electron chi connectivity index (χ4n) is 1.37. The lowest BCUT2D eigenvalue weighted by Gasteiger charge is -2.02. The van der Waals surface area contributed by atoms with E-state index in [0.29, 0.717) is 18.4 Å². The highest BCUT2D eigenvalue weighted by molar-refractivity contribution is 5.69. The number of aryl methyl sites for hydroxylation is 1. The van der Waals surface area contributed by atoms with Crippen molar-refractivity contribution in [2.24, 2.45) is 0 Å². The van der Waals surface area contributed by atoms with Crippen LogP contribution in [0.25, 0.3) is 0 Å². The van der Waals surface area contributed by atoms with Crippen LogP contribution in [0.15, 0.2) is 24.3 Å². The van der Waals surface area contributed by atoms with Gasteiger partial charge in [0.05, 0.1) is 18.7 Å². The number of benzene rings is 1. The zero-order chi connectivity index (χ0) is 11.1. The van der Waals surface area contributed by atoms with E-state index in [4.69, 9.17) is 5.26 Å². The summed E-state index contributed by atoms with van der Waals surface area (Å²) in [5, 5.41) is 8.83. The molecule has 0 amide bonds. The Morgan fingerprint density at radius 3 is 2.87 bits per heavy atom. The van der Waals surface area contributed by atoms with Crippen LogP contribution in [0.1, 0.15) is 24.0 Å². The molecule has 0 N–H and O–H groups in total. The molecule has 0 heterocycles. The van der Waals surface area contributed by atoms with E-state index < -0.39 is 0 Å². The highest BCUT2D eigenvalue weighted by Crippen LogP contribution is 2.10. The molecule has 0 atom stereocenters. The highest BCUT2D eigenvalue weighted by atomic mass is 16.5. The number of esters is 1. The number of carbonyl (C=O) groups is 1. The minimum Gasteiger partial charge on any atom is -0.469 e. The summed E-state index contributed by atoms with van der Waals surface area (Å²) >= 11 is 0. The van der Waals surface area contributed by atoms with Crippen molar-refractivity contribution >= 4 is 5.97 Å². The normalized spacial score (nSPS) is 9.33. The average molecular weight is 203 g/mol. The van der Waals surface area contributed by atoms with Crippen molar-refractivity contribution in [1.29, 1.82) is 5.26 Å². The van der Waals surface area contributed by atoms with E-state index in [-0.39, 0.29) is 5.97 Å². The molecule has 0 bridgehead atoms. The lowest BCUT2D eigenvalue weighted by atomic mass is 10.0. The maximum atomic E-state index is 10.9. The number of hydrogen-bond acceptors (Lipinski definition) is 3. The van der Waals surface area contributed by atoms with Gasteiger partial charge in [0.15, 0.2) is 0 Å². The van der Waals surface area contributed by atoms with Crippen LogP contribution >= 0.6 is 0 Å². The Morgan fingerprint density at radius 2 is 2.20 bits per heavy atom. The average Bonchev–Trinajstić information content (AvgIpc) is 2.29. The monoisotopic (exact) mass is 203 g/mol. The Labute approximate surface area is 89.3 Å². The van der Waals surface area contributed by atoms with Gasteiger partial charge in [-0.1, -0.05) is 18.2 Å². The Balaban J connectivity index is 2.51. The van der Waals surface area contributed by atoms with Crippen molar-refractivity contribution in [3.8, 4) is 6.07 Å². The summed E-state index contributed by atoms with van der Waals surface area (Å²) in [4.78, 5) is 10.9. The van der Waals surface area contributed by atoms with Gasteiger partial charge in [0.25, 0.3) is 0 Å². The second-order valence-corrected chi connectivity index (χ2v) is 3.20. The Bertz CT molecular complexity index is 379. The van der Waals surface area contributed by atoms with Crippen LogP contribution in [0, 0.1) is 11.3 Å². The molecule has 1 aromatic carbocycles. The fraction of sp³-hybridized carbons (Fsp3) is 0.333. The first-order chi connectivity index (χ1) is 7.27. The number of hydrogen-bond donors (Lipinski definition) is 0. The topological polar surface area (TPSA) is 50.1 Å². The molecule has 0 aliphatic carbocycles. The summed E-state index contributed by atoms with van der Waals surface area (Å²) < 4.78 is 4.54. The molecule has 0 aliphatic heterocycles. The summed E-state index contributed by atoms with van der Waals surface area (Å²) in [6, 6.07) is 9.56. The zero-order valence-electron chi connectivity index (χ0n) is 8.69. The molecule has 3 nitrogen and oxygen atoms in total. The molecule has 0 aromatic heterocycles. The molecule has 1 rings (SSSR count). The summed E-state index contributed by atoms with van der Waals surface area (Å²) in [5.74, 6) is -0.204. The molecule has 1 aromatic rings. The van der Waals surface area contributed by atoms with Crippen molar-refractivity contribution in [3.05, 3.63) is 35.4 Å². The predicted octanol–water partition coefficient (Wildman–Crippen LogP) is 2.05. The molecule has 0 radical (unpaired) electrons. The number of carbonyl (C=O) groups excluding carboxylic acids is 1. The minimum absolute atomic E-state index is 0.204. The van der Waals surface area contributed by atoms with E-state index in [0.717, 1.165) is 12.0 Å². The van der Waals surface area contributed by atoms with Crippen molar-refractivity contribution in [2.45, 2.75) is 19.3 Å². The summed E-state index contributed by atoms with van der Waals surface area (Å²) in [6.07, 6.45) is 1.85. The number of rotatable bonds is 4. The van der Waals surface area contributed by atoms with Gasteiger partial charge in [0.1, 0.15) is 0 Å². The zero-order valence-corrected chi connectivity index (χ0v) is 8.69. The van der Waals surface area contributed by atoms with Crippen molar-refractivity contribution in [3.63, 3.8) is 0 Å². The first kappa shape index (κ1) is 11.3. The third-order valence-corrected chi connectivity index (χ3v) is 2.19. The molecular formula is C12H13NO2. The first-order valence-electron chi connectivity index (χ1n) is 4.82. The Hall–Kier alpha value is -1.82. The third-order valence-electron chi connectivity index (χ3n) is 2.19. The van der Waals surface area contributed by atoms with Gasteiger partial charge in [0, 0.05) is 6.42 Å². The van der Waals surface area contributed by atoms with Crippen LogP contribution < -0.4 is 0 Å². The summed E-state index contributed by atoms with van der Waals surface area (Å²) in [7, 11) is 1.38. The van der Waals surface area contributed by atoms with E-state index in [1.165, 1.54) is 7.11 Å². The molecule has 0 unspecified atom stereocenters. The number of nitrogens with zero attached hydrogens (tertiary/aromatic N) is 1. The standard InChI is InChI=1S/C12H13NO2/c1-15-12(14)8-4-7-10-5-2-3-6-11(10)9-13/h2-3,5-6H,4,7-8H2,1H3. The number of nitriles is 1. The maximum absolute atomic E-state index is 10.9. The highest BCUT2D eigenvalue weighted by Gasteiger charge is 2.03. The lowest BCUT2D eigenvalue weighted by Crippen LogP contribution is -2.01. The van der Waals surface area contributed by atoms with Gasteiger partial charge in [-0.3, -0.25) is 4.79 Å². The molecule has 0 spiro atoms. The van der Waals surface area contributed by atoms with E-state index in [9.17, 15) is 4.79 Å². The molecule has 0 aliphatic rings. The fourth-order valence-corrected chi connectivity index (χ4v) is 1.37. The Kier molecular flexibility index (Phi) is 4.36. The van der Waals surface area contributed by atoms with Crippen molar-refractivity contribution < 1.29 is 9.53 Å². The second kappa shape index (κ2) is 5.82. The van der Waals surface area contributed by atoms with E-state index in [2.05, 4.69) is 10.8 Å². The summed E-state index contributed by atoms with van der Waals surface area (Å²) in [6.45, 7) is 0. The van der Waals surface area contributed by atoms with Crippen LogP contribution in [-0.4, -0.2) is 13.1 Å². The van der Waals surface area contributed by atoms with Crippen LogP contribution in [0.5, 0.6) is 0 Å².